The number of nitrogens with one attached hydrogen (secondary N) is 1. The molecule has 0 saturated carbocycles. The molecule has 0 aliphatic carbocycles. The molecule has 0 unspecified atom stereocenters. The zero-order chi connectivity index (χ0) is 15.9. The molecule has 2 heterocycles. The van der Waals surface area contributed by atoms with Crippen LogP contribution in [0.3, 0.4) is 0 Å². The minimum Gasteiger partial charge on any atom is -0.357 e. The van der Waals surface area contributed by atoms with E-state index in [2.05, 4.69) is 21.3 Å². The molecule has 2 aromatic rings. The number of nitrogens with zero attached hydrogens (tertiary/aromatic N) is 2. The Bertz CT molecular complexity index is 595. The van der Waals surface area contributed by atoms with Gasteiger partial charge in [-0.1, -0.05) is 18.2 Å². The highest BCUT2D eigenvalue weighted by atomic mass is 19.1. The van der Waals surface area contributed by atoms with E-state index in [9.17, 15) is 4.39 Å². The molecule has 1 N–H and O–H groups in total. The summed E-state index contributed by atoms with van der Waals surface area (Å²) in [6.07, 6.45) is 6.13. The third kappa shape index (κ3) is 4.76. The molecular formula is C19H24FN3. The van der Waals surface area contributed by atoms with Crippen LogP contribution in [0.15, 0.2) is 48.7 Å². The number of rotatable bonds is 6. The van der Waals surface area contributed by atoms with Crippen molar-refractivity contribution in [2.24, 2.45) is 0 Å². The Morgan fingerprint density at radius 1 is 1.13 bits per heavy atom. The first kappa shape index (κ1) is 15.9. The Morgan fingerprint density at radius 3 is 2.74 bits per heavy atom. The third-order valence-electron chi connectivity index (χ3n) is 4.43. The van der Waals surface area contributed by atoms with E-state index in [-0.39, 0.29) is 5.82 Å². The molecule has 122 valence electrons. The summed E-state index contributed by atoms with van der Waals surface area (Å²) in [6, 6.07) is 13.6. The van der Waals surface area contributed by atoms with Gasteiger partial charge in [0.05, 0.1) is 0 Å². The van der Waals surface area contributed by atoms with Crippen LogP contribution in [-0.2, 0) is 6.42 Å². The van der Waals surface area contributed by atoms with Gasteiger partial charge in [-0.2, -0.15) is 0 Å². The van der Waals surface area contributed by atoms with Crippen molar-refractivity contribution in [1.82, 2.24) is 10.3 Å². The molecule has 4 heteroatoms. The molecule has 1 aromatic heterocycles. The molecule has 1 saturated heterocycles. The van der Waals surface area contributed by atoms with Crippen molar-refractivity contribution in [1.29, 1.82) is 0 Å². The van der Waals surface area contributed by atoms with E-state index in [1.165, 1.54) is 6.07 Å². The molecule has 0 amide bonds. The van der Waals surface area contributed by atoms with Gasteiger partial charge in [-0.15, -0.1) is 0 Å². The summed E-state index contributed by atoms with van der Waals surface area (Å²) < 4.78 is 13.1. The van der Waals surface area contributed by atoms with Gasteiger partial charge in [0.15, 0.2) is 0 Å². The summed E-state index contributed by atoms with van der Waals surface area (Å²) in [5, 5.41) is 3.64. The van der Waals surface area contributed by atoms with Gasteiger partial charge in [-0.3, -0.25) is 0 Å². The Balaban J connectivity index is 1.35. The van der Waals surface area contributed by atoms with E-state index in [0.717, 1.165) is 56.7 Å². The Morgan fingerprint density at radius 2 is 2.00 bits per heavy atom. The predicted molar refractivity (Wildman–Crippen MR) is 92.2 cm³/mol. The van der Waals surface area contributed by atoms with Gasteiger partial charge in [0.2, 0.25) is 0 Å². The first-order valence-corrected chi connectivity index (χ1v) is 8.45. The number of hydrogen-bond acceptors (Lipinski definition) is 3. The SMILES string of the molecule is Fc1cccc(CCCNC2CCN(c3ccccn3)CC2)c1. The Hall–Kier alpha value is -1.94. The van der Waals surface area contributed by atoms with Gasteiger partial charge in [0.1, 0.15) is 11.6 Å². The maximum absolute atomic E-state index is 13.1. The van der Waals surface area contributed by atoms with Crippen LogP contribution in [0, 0.1) is 5.82 Å². The van der Waals surface area contributed by atoms with Crippen molar-refractivity contribution < 1.29 is 4.39 Å². The van der Waals surface area contributed by atoms with Gasteiger partial charge in [0, 0.05) is 25.3 Å². The average Bonchev–Trinajstić information content (AvgIpc) is 2.60. The van der Waals surface area contributed by atoms with Crippen LogP contribution in [-0.4, -0.2) is 30.7 Å². The molecule has 23 heavy (non-hydrogen) atoms. The molecule has 0 radical (unpaired) electrons. The largest absolute Gasteiger partial charge is 0.357 e. The summed E-state index contributed by atoms with van der Waals surface area (Å²) in [5.74, 6) is 0.939. The van der Waals surface area contributed by atoms with Crippen LogP contribution in [0.4, 0.5) is 10.2 Å². The number of piperidine rings is 1. The Labute approximate surface area is 137 Å². The molecule has 0 bridgehead atoms. The lowest BCUT2D eigenvalue weighted by Crippen LogP contribution is -2.43. The minimum atomic E-state index is -0.141. The predicted octanol–water partition coefficient (Wildman–Crippen LogP) is 3.41. The monoisotopic (exact) mass is 313 g/mol. The van der Waals surface area contributed by atoms with Crippen molar-refractivity contribution in [3.63, 3.8) is 0 Å². The summed E-state index contributed by atoms with van der Waals surface area (Å²) in [7, 11) is 0. The number of hydrogen-bond donors (Lipinski definition) is 1. The number of halogens is 1. The van der Waals surface area contributed by atoms with Gasteiger partial charge in [0.25, 0.3) is 0 Å². The molecule has 0 atom stereocenters. The molecular weight excluding hydrogens is 289 g/mol. The smallest absolute Gasteiger partial charge is 0.128 e. The second-order valence-electron chi connectivity index (χ2n) is 6.14. The Kier molecular flexibility index (Phi) is 5.59. The third-order valence-corrected chi connectivity index (χ3v) is 4.43. The summed E-state index contributed by atoms with van der Waals surface area (Å²) >= 11 is 0. The maximum Gasteiger partial charge on any atom is 0.128 e. The fourth-order valence-corrected chi connectivity index (χ4v) is 3.14. The van der Waals surface area contributed by atoms with Crippen LogP contribution in [0.25, 0.3) is 0 Å². The molecule has 3 nitrogen and oxygen atoms in total. The van der Waals surface area contributed by atoms with Gasteiger partial charge >= 0.3 is 0 Å². The molecule has 0 spiro atoms. The standard InChI is InChI=1S/C19H24FN3/c20-17-7-3-5-16(15-17)6-4-12-21-18-9-13-23(14-10-18)19-8-1-2-11-22-19/h1-3,5,7-8,11,15,18,21H,4,6,9-10,12-14H2. The summed E-state index contributed by atoms with van der Waals surface area (Å²) in [6.45, 7) is 3.10. The zero-order valence-electron chi connectivity index (χ0n) is 13.4. The second kappa shape index (κ2) is 8.06. The van der Waals surface area contributed by atoms with E-state index in [1.54, 1.807) is 12.1 Å². The molecule has 1 aliphatic heterocycles. The highest BCUT2D eigenvalue weighted by Crippen LogP contribution is 2.17. The number of benzene rings is 1. The van der Waals surface area contributed by atoms with E-state index < -0.39 is 0 Å². The molecule has 3 rings (SSSR count). The fourth-order valence-electron chi connectivity index (χ4n) is 3.14. The van der Waals surface area contributed by atoms with Crippen LogP contribution >= 0.6 is 0 Å². The number of aromatic nitrogens is 1. The van der Waals surface area contributed by atoms with Crippen molar-refractivity contribution in [2.75, 3.05) is 24.5 Å². The number of anilines is 1. The number of aryl methyl sites for hydroxylation is 1. The highest BCUT2D eigenvalue weighted by Gasteiger charge is 2.19. The summed E-state index contributed by atoms with van der Waals surface area (Å²) in [4.78, 5) is 6.77. The van der Waals surface area contributed by atoms with Crippen molar-refractivity contribution in [3.05, 3.63) is 60.0 Å². The lowest BCUT2D eigenvalue weighted by molar-refractivity contribution is 0.411. The second-order valence-corrected chi connectivity index (χ2v) is 6.14. The van der Waals surface area contributed by atoms with E-state index >= 15 is 0 Å². The van der Waals surface area contributed by atoms with Gasteiger partial charge in [-0.25, -0.2) is 9.37 Å². The van der Waals surface area contributed by atoms with Crippen LogP contribution in [0.2, 0.25) is 0 Å². The van der Waals surface area contributed by atoms with Crippen LogP contribution in [0.1, 0.15) is 24.8 Å². The maximum atomic E-state index is 13.1. The van der Waals surface area contributed by atoms with Crippen LogP contribution in [0.5, 0.6) is 0 Å². The van der Waals surface area contributed by atoms with Crippen molar-refractivity contribution in [3.8, 4) is 0 Å². The zero-order valence-corrected chi connectivity index (χ0v) is 13.4. The first-order chi connectivity index (χ1) is 11.3. The molecule has 1 aliphatic rings. The quantitative estimate of drug-likeness (QED) is 0.828. The lowest BCUT2D eigenvalue weighted by Gasteiger charge is -2.33. The van der Waals surface area contributed by atoms with E-state index in [4.69, 9.17) is 0 Å². The normalized spacial score (nSPS) is 15.8. The lowest BCUT2D eigenvalue weighted by atomic mass is 10.0. The minimum absolute atomic E-state index is 0.141. The first-order valence-electron chi connectivity index (χ1n) is 8.45. The molecule has 1 fully saturated rings. The van der Waals surface area contributed by atoms with Crippen LogP contribution < -0.4 is 10.2 Å². The van der Waals surface area contributed by atoms with E-state index in [0.29, 0.717) is 6.04 Å². The van der Waals surface area contributed by atoms with E-state index in [1.807, 2.05) is 24.4 Å². The summed E-state index contributed by atoms with van der Waals surface area (Å²) in [5.41, 5.74) is 1.08. The van der Waals surface area contributed by atoms with Gasteiger partial charge in [-0.05, 0) is 62.1 Å². The number of pyridine rings is 1. The van der Waals surface area contributed by atoms with Gasteiger partial charge < -0.3 is 10.2 Å². The van der Waals surface area contributed by atoms with Crippen molar-refractivity contribution in [2.45, 2.75) is 31.7 Å². The van der Waals surface area contributed by atoms with Crippen molar-refractivity contribution >= 4 is 5.82 Å². The fraction of sp³-hybridized carbons (Fsp3) is 0.421. The topological polar surface area (TPSA) is 28.2 Å². The molecule has 1 aromatic carbocycles. The highest BCUT2D eigenvalue weighted by molar-refractivity contribution is 5.38. The average molecular weight is 313 g/mol.